The molecule has 0 bridgehead atoms. The van der Waals surface area contributed by atoms with Crippen LogP contribution < -0.4 is 10.0 Å². The molecule has 140 valence electrons. The first-order valence-electron chi connectivity index (χ1n) is 9.12. The zero-order valence-electron chi connectivity index (χ0n) is 14.9. The monoisotopic (exact) mass is 383 g/mol. The molecule has 1 amide bonds. The number of amides is 1. The van der Waals surface area contributed by atoms with Crippen LogP contribution in [0.25, 0.3) is 0 Å². The van der Waals surface area contributed by atoms with Crippen molar-refractivity contribution in [1.82, 2.24) is 4.72 Å². The molecule has 1 heterocycles. The maximum absolute atomic E-state index is 12.3. The van der Waals surface area contributed by atoms with Crippen LogP contribution in [0.15, 0.2) is 52.4 Å². The van der Waals surface area contributed by atoms with E-state index in [0.717, 1.165) is 24.9 Å². The van der Waals surface area contributed by atoms with Crippen molar-refractivity contribution in [2.24, 2.45) is 4.99 Å². The molecule has 2 aliphatic rings. The van der Waals surface area contributed by atoms with E-state index in [4.69, 9.17) is 0 Å². The van der Waals surface area contributed by atoms with Crippen LogP contribution in [0.4, 0.5) is 5.69 Å². The van der Waals surface area contributed by atoms with Crippen LogP contribution in [0.5, 0.6) is 0 Å². The van der Waals surface area contributed by atoms with Gasteiger partial charge < -0.3 is 5.32 Å². The summed E-state index contributed by atoms with van der Waals surface area (Å²) in [4.78, 5) is 16.8. The molecule has 0 fully saturated rings. The Balaban J connectivity index is 1.42. The Kier molecular flexibility index (Phi) is 4.70. The Morgan fingerprint density at radius 3 is 2.78 bits per heavy atom. The van der Waals surface area contributed by atoms with Gasteiger partial charge in [0, 0.05) is 17.7 Å². The summed E-state index contributed by atoms with van der Waals surface area (Å²) < 4.78 is 26.6. The van der Waals surface area contributed by atoms with E-state index in [0.29, 0.717) is 11.4 Å². The van der Waals surface area contributed by atoms with Crippen molar-refractivity contribution in [3.63, 3.8) is 0 Å². The highest BCUT2D eigenvalue weighted by Gasteiger charge is 2.29. The molecule has 0 atom stereocenters. The maximum atomic E-state index is 12.3. The fourth-order valence-corrected chi connectivity index (χ4v) is 4.88. The van der Waals surface area contributed by atoms with Crippen LogP contribution in [0, 0.1) is 0 Å². The molecule has 0 saturated carbocycles. The van der Waals surface area contributed by atoms with Crippen LogP contribution in [-0.2, 0) is 27.7 Å². The maximum Gasteiger partial charge on any atom is 0.263 e. The first-order valence-corrected chi connectivity index (χ1v) is 10.6. The third-order valence-corrected chi connectivity index (χ3v) is 6.34. The quantitative estimate of drug-likeness (QED) is 0.851. The minimum Gasteiger partial charge on any atom is -0.326 e. The number of rotatable bonds is 4. The highest BCUT2D eigenvalue weighted by molar-refractivity contribution is 7.90. The molecule has 2 aromatic carbocycles. The van der Waals surface area contributed by atoms with Gasteiger partial charge >= 0.3 is 0 Å². The number of aryl methyl sites for hydroxylation is 1. The number of nitrogens with one attached hydrogen (secondary N) is 2. The lowest BCUT2D eigenvalue weighted by Gasteiger charge is -2.19. The summed E-state index contributed by atoms with van der Waals surface area (Å²) in [5.74, 6) is 0.183. The third kappa shape index (κ3) is 3.60. The summed E-state index contributed by atoms with van der Waals surface area (Å²) >= 11 is 0. The number of carbonyl (C=O) groups excluding carboxylic acids is 1. The van der Waals surface area contributed by atoms with Gasteiger partial charge in [0.2, 0.25) is 5.91 Å². The van der Waals surface area contributed by atoms with Gasteiger partial charge in [-0.15, -0.1) is 0 Å². The van der Waals surface area contributed by atoms with Crippen molar-refractivity contribution in [2.45, 2.75) is 37.0 Å². The Hall–Kier alpha value is -2.67. The van der Waals surface area contributed by atoms with E-state index in [1.165, 1.54) is 17.5 Å². The first-order chi connectivity index (χ1) is 13.0. The molecular weight excluding hydrogens is 362 g/mol. The number of hydrogen-bond acceptors (Lipinski definition) is 4. The standard InChI is InChI=1S/C20H21N3O3S/c24-19(22-17-10-5-7-14-6-1-2-8-15(14)17)12-13-21-20-16-9-3-4-11-18(16)27(25,26)23-20/h3-5,7,9-11H,1-2,6,8,12-13H2,(H,21,23)(H,22,24). The van der Waals surface area contributed by atoms with Gasteiger partial charge in [-0.25, -0.2) is 8.42 Å². The molecule has 1 aliphatic carbocycles. The lowest BCUT2D eigenvalue weighted by Crippen LogP contribution is -2.23. The van der Waals surface area contributed by atoms with Gasteiger partial charge in [-0.2, -0.15) is 0 Å². The fraction of sp³-hybridized carbons (Fsp3) is 0.300. The van der Waals surface area contributed by atoms with Crippen LogP contribution in [-0.4, -0.2) is 26.7 Å². The van der Waals surface area contributed by atoms with Crippen molar-refractivity contribution >= 4 is 27.5 Å². The van der Waals surface area contributed by atoms with Crippen molar-refractivity contribution in [2.75, 3.05) is 11.9 Å². The van der Waals surface area contributed by atoms with Crippen LogP contribution in [0.1, 0.15) is 36.0 Å². The highest BCUT2D eigenvalue weighted by atomic mass is 32.2. The van der Waals surface area contributed by atoms with Gasteiger partial charge in [0.1, 0.15) is 5.84 Å². The number of nitrogens with zero attached hydrogens (tertiary/aromatic N) is 1. The number of hydrogen-bond donors (Lipinski definition) is 2. The van der Waals surface area contributed by atoms with Crippen molar-refractivity contribution < 1.29 is 13.2 Å². The normalized spacial score (nSPS) is 18.4. The van der Waals surface area contributed by atoms with E-state index >= 15 is 0 Å². The summed E-state index contributed by atoms with van der Waals surface area (Å²) in [6.07, 6.45) is 4.59. The third-order valence-electron chi connectivity index (χ3n) is 4.94. The van der Waals surface area contributed by atoms with Gasteiger partial charge in [0.05, 0.1) is 11.4 Å². The summed E-state index contributed by atoms with van der Waals surface area (Å²) in [7, 11) is -3.55. The summed E-state index contributed by atoms with van der Waals surface area (Å²) in [6, 6.07) is 12.7. The van der Waals surface area contributed by atoms with Crippen LogP contribution >= 0.6 is 0 Å². The number of sulfonamides is 1. The van der Waals surface area contributed by atoms with E-state index in [-0.39, 0.29) is 23.8 Å². The van der Waals surface area contributed by atoms with E-state index in [1.54, 1.807) is 24.3 Å². The van der Waals surface area contributed by atoms with E-state index in [9.17, 15) is 13.2 Å². The Morgan fingerprint density at radius 2 is 1.89 bits per heavy atom. The second kappa shape index (κ2) is 7.15. The highest BCUT2D eigenvalue weighted by Crippen LogP contribution is 2.28. The fourth-order valence-electron chi connectivity index (χ4n) is 3.63. The van der Waals surface area contributed by atoms with Crippen molar-refractivity contribution in [3.05, 3.63) is 59.2 Å². The van der Waals surface area contributed by atoms with Crippen LogP contribution in [0.2, 0.25) is 0 Å². The number of aliphatic imine (C=N–C) groups is 1. The number of benzene rings is 2. The summed E-state index contributed by atoms with van der Waals surface area (Å²) in [6.45, 7) is 0.215. The Bertz CT molecular complexity index is 1030. The Morgan fingerprint density at radius 1 is 1.07 bits per heavy atom. The lowest BCUT2D eigenvalue weighted by atomic mass is 9.90. The molecule has 7 heteroatoms. The van der Waals surface area contributed by atoms with Gasteiger partial charge in [-0.1, -0.05) is 24.3 Å². The average Bonchev–Trinajstić information content (AvgIpc) is 2.93. The SMILES string of the molecule is O=C(CCN=C1NS(=O)(=O)c2ccccc21)Nc1cccc2c1CCCC2. The molecule has 0 radical (unpaired) electrons. The second-order valence-electron chi connectivity index (χ2n) is 6.78. The molecule has 2 N–H and O–H groups in total. The Labute approximate surface area is 158 Å². The topological polar surface area (TPSA) is 87.6 Å². The van der Waals surface area contributed by atoms with E-state index in [1.807, 2.05) is 12.1 Å². The van der Waals surface area contributed by atoms with Crippen molar-refractivity contribution in [1.29, 1.82) is 0 Å². The van der Waals surface area contributed by atoms with Gasteiger partial charge in [-0.3, -0.25) is 14.5 Å². The lowest BCUT2D eigenvalue weighted by molar-refractivity contribution is -0.116. The molecular formula is C20H21N3O3S. The molecule has 1 aliphatic heterocycles. The van der Waals surface area contributed by atoms with Crippen LogP contribution in [0.3, 0.4) is 0 Å². The minimum atomic E-state index is -3.55. The molecule has 27 heavy (non-hydrogen) atoms. The van der Waals surface area contributed by atoms with E-state index < -0.39 is 10.0 Å². The minimum absolute atomic E-state index is 0.118. The predicted molar refractivity (Wildman–Crippen MR) is 104 cm³/mol. The zero-order valence-corrected chi connectivity index (χ0v) is 15.7. The van der Waals surface area contributed by atoms with Gasteiger partial charge in [-0.05, 0) is 55.0 Å². The van der Waals surface area contributed by atoms with Crippen molar-refractivity contribution in [3.8, 4) is 0 Å². The number of fused-ring (bicyclic) bond motifs is 2. The number of anilines is 1. The van der Waals surface area contributed by atoms with Gasteiger partial charge in [0.15, 0.2) is 0 Å². The number of carbonyl (C=O) groups is 1. The summed E-state index contributed by atoms with van der Waals surface area (Å²) in [5.41, 5.74) is 3.99. The second-order valence-corrected chi connectivity index (χ2v) is 8.43. The first kappa shape index (κ1) is 17.7. The molecule has 0 saturated heterocycles. The molecule has 0 unspecified atom stereocenters. The predicted octanol–water partition coefficient (Wildman–Crippen LogP) is 2.63. The summed E-state index contributed by atoms with van der Waals surface area (Å²) in [5, 5.41) is 2.98. The largest absolute Gasteiger partial charge is 0.326 e. The molecule has 4 rings (SSSR count). The number of amidine groups is 1. The molecule has 2 aromatic rings. The molecule has 0 spiro atoms. The van der Waals surface area contributed by atoms with Gasteiger partial charge in [0.25, 0.3) is 10.0 Å². The zero-order chi connectivity index (χ0) is 18.9. The van der Waals surface area contributed by atoms with E-state index in [2.05, 4.69) is 21.1 Å². The molecule has 6 nitrogen and oxygen atoms in total. The smallest absolute Gasteiger partial charge is 0.263 e. The molecule has 0 aromatic heterocycles. The average molecular weight is 383 g/mol.